The normalized spacial score (nSPS) is 19.8. The molecule has 0 bridgehead atoms. The van der Waals surface area contributed by atoms with Gasteiger partial charge < -0.3 is 50.5 Å². The molecule has 11 heteroatoms. The number of aliphatic hydroxyl groups excluding tert-OH is 7. The van der Waals surface area contributed by atoms with Crippen LogP contribution in [0.15, 0.2) is 24.3 Å². The smallest absolute Gasteiger partial charge is 0.249 e. The Kier molecular flexibility index (Phi) is 50.8. The van der Waals surface area contributed by atoms with Gasteiger partial charge in [-0.25, -0.2) is 0 Å². The average Bonchev–Trinajstić information content (AvgIpc) is 3.41. The first-order chi connectivity index (χ1) is 36.7. The average molecular weight is 1070 g/mol. The number of aliphatic hydroxyl groups is 7. The third-order valence-electron chi connectivity index (χ3n) is 15.7. The van der Waals surface area contributed by atoms with Crippen LogP contribution in [-0.4, -0.2) is 110 Å². The van der Waals surface area contributed by atoms with Crippen molar-refractivity contribution in [1.82, 2.24) is 5.32 Å². The van der Waals surface area contributed by atoms with Gasteiger partial charge >= 0.3 is 0 Å². The summed E-state index contributed by atoms with van der Waals surface area (Å²) < 4.78 is 11.1. The second-order valence-electron chi connectivity index (χ2n) is 22.8. The van der Waals surface area contributed by atoms with E-state index >= 15 is 0 Å². The molecule has 0 aromatic carbocycles. The molecule has 75 heavy (non-hydrogen) atoms. The first-order valence-corrected chi connectivity index (χ1v) is 32.2. The second-order valence-corrected chi connectivity index (χ2v) is 22.8. The minimum Gasteiger partial charge on any atom is -0.394 e. The zero-order valence-corrected chi connectivity index (χ0v) is 48.8. The Morgan fingerprint density at radius 2 is 0.800 bits per heavy atom. The summed E-state index contributed by atoms with van der Waals surface area (Å²) in [4.78, 5) is 13.2. The summed E-state index contributed by atoms with van der Waals surface area (Å²) in [5, 5.41) is 76.2. The van der Waals surface area contributed by atoms with E-state index in [1.54, 1.807) is 0 Å². The molecule has 0 aromatic heterocycles. The van der Waals surface area contributed by atoms with Crippen molar-refractivity contribution >= 4 is 5.91 Å². The fraction of sp³-hybridized carbons (Fsp3) is 0.922. The molecule has 1 aliphatic heterocycles. The van der Waals surface area contributed by atoms with Crippen molar-refractivity contribution in [2.75, 3.05) is 13.2 Å². The van der Waals surface area contributed by atoms with Gasteiger partial charge in [0.15, 0.2) is 6.29 Å². The van der Waals surface area contributed by atoms with Gasteiger partial charge in [0.25, 0.3) is 0 Å². The Bertz CT molecular complexity index is 1270. The molecule has 0 aromatic rings. The molecule has 8 N–H and O–H groups in total. The molecule has 1 rings (SSSR count). The lowest BCUT2D eigenvalue weighted by Gasteiger charge is -2.40. The summed E-state index contributed by atoms with van der Waals surface area (Å²) >= 11 is 0. The van der Waals surface area contributed by atoms with Crippen LogP contribution in [-0.2, 0) is 14.3 Å². The molecule has 0 radical (unpaired) electrons. The van der Waals surface area contributed by atoms with E-state index in [0.717, 1.165) is 38.5 Å². The van der Waals surface area contributed by atoms with Gasteiger partial charge in [0, 0.05) is 0 Å². The number of rotatable bonds is 56. The molecule has 1 fully saturated rings. The number of hydrogen-bond donors (Lipinski definition) is 8. The summed E-state index contributed by atoms with van der Waals surface area (Å²) in [6, 6.07) is -1.19. The number of ether oxygens (including phenoxy) is 2. The molecule has 1 amide bonds. The molecule has 11 nitrogen and oxygen atoms in total. The van der Waals surface area contributed by atoms with E-state index in [1.165, 1.54) is 225 Å². The van der Waals surface area contributed by atoms with Gasteiger partial charge in [0.1, 0.15) is 36.6 Å². The van der Waals surface area contributed by atoms with Crippen LogP contribution in [0.25, 0.3) is 0 Å². The summed E-state index contributed by atoms with van der Waals surface area (Å²) in [6.45, 7) is 3.47. The zero-order valence-electron chi connectivity index (χ0n) is 48.8. The first-order valence-electron chi connectivity index (χ1n) is 32.2. The first kappa shape index (κ1) is 71.6. The predicted octanol–water partition coefficient (Wildman–Crippen LogP) is 14.5. The number of nitrogens with one attached hydrogen (secondary N) is 1. The van der Waals surface area contributed by atoms with Gasteiger partial charge in [0.05, 0.1) is 25.4 Å². The van der Waals surface area contributed by atoms with Gasteiger partial charge in [-0.1, -0.05) is 282 Å². The summed E-state index contributed by atoms with van der Waals surface area (Å²) in [6.07, 6.45) is 54.0. The highest BCUT2D eigenvalue weighted by atomic mass is 16.7. The Morgan fingerprint density at radius 3 is 1.19 bits per heavy atom. The quantitative estimate of drug-likeness (QED) is 0.0215. The summed E-state index contributed by atoms with van der Waals surface area (Å²) in [7, 11) is 0. The van der Waals surface area contributed by atoms with Crippen molar-refractivity contribution < 1.29 is 50.0 Å². The maximum absolute atomic E-state index is 13.2. The number of unbranched alkanes of at least 4 members (excludes halogenated alkanes) is 40. The third kappa shape index (κ3) is 41.3. The maximum atomic E-state index is 13.2. The van der Waals surface area contributed by atoms with E-state index in [-0.39, 0.29) is 12.8 Å². The number of hydrogen-bond acceptors (Lipinski definition) is 10. The maximum Gasteiger partial charge on any atom is 0.249 e. The van der Waals surface area contributed by atoms with Crippen LogP contribution < -0.4 is 5.32 Å². The second kappa shape index (κ2) is 53.2. The van der Waals surface area contributed by atoms with Gasteiger partial charge in [-0.15, -0.1) is 0 Å². The molecule has 444 valence electrons. The van der Waals surface area contributed by atoms with E-state index in [9.17, 15) is 40.5 Å². The van der Waals surface area contributed by atoms with Crippen molar-refractivity contribution in [3.05, 3.63) is 24.3 Å². The van der Waals surface area contributed by atoms with E-state index in [4.69, 9.17) is 9.47 Å². The lowest BCUT2D eigenvalue weighted by atomic mass is 9.98. The molecule has 0 aliphatic carbocycles. The topological polar surface area (TPSA) is 189 Å². The Balaban J connectivity index is 2.21. The molecule has 9 unspecified atom stereocenters. The van der Waals surface area contributed by atoms with Crippen LogP contribution in [0.2, 0.25) is 0 Å². The molecule has 9 atom stereocenters. The van der Waals surface area contributed by atoms with Gasteiger partial charge in [-0.2, -0.15) is 0 Å². The molecule has 1 aliphatic rings. The monoisotopic (exact) mass is 1070 g/mol. The van der Waals surface area contributed by atoms with Crippen LogP contribution in [0.4, 0.5) is 0 Å². The Morgan fingerprint density at radius 1 is 0.453 bits per heavy atom. The Labute approximate surface area is 461 Å². The van der Waals surface area contributed by atoms with Crippen molar-refractivity contribution in [2.24, 2.45) is 0 Å². The lowest BCUT2D eigenvalue weighted by molar-refractivity contribution is -0.303. The summed E-state index contributed by atoms with van der Waals surface area (Å²) in [5.74, 6) is -0.705. The number of carbonyl (C=O) groups is 1. The minimum atomic E-state index is -1.67. The largest absolute Gasteiger partial charge is 0.394 e. The van der Waals surface area contributed by atoms with E-state index < -0.39 is 74.2 Å². The van der Waals surface area contributed by atoms with Crippen molar-refractivity contribution in [3.8, 4) is 0 Å². The highest BCUT2D eigenvalue weighted by Crippen LogP contribution is 2.24. The van der Waals surface area contributed by atoms with Gasteiger partial charge in [0.2, 0.25) is 5.91 Å². The highest BCUT2D eigenvalue weighted by Gasteiger charge is 2.44. The van der Waals surface area contributed by atoms with Crippen LogP contribution >= 0.6 is 0 Å². The highest BCUT2D eigenvalue weighted by molar-refractivity contribution is 5.80. The van der Waals surface area contributed by atoms with E-state index in [2.05, 4.69) is 43.5 Å². The molecule has 1 heterocycles. The third-order valence-corrected chi connectivity index (χ3v) is 15.7. The van der Waals surface area contributed by atoms with E-state index in [0.29, 0.717) is 19.3 Å². The van der Waals surface area contributed by atoms with Gasteiger partial charge in [-0.05, 0) is 51.4 Å². The number of carbonyl (C=O) groups excluding carboxylic acids is 1. The summed E-state index contributed by atoms with van der Waals surface area (Å²) in [5.41, 5.74) is 0. The van der Waals surface area contributed by atoms with Crippen molar-refractivity contribution in [3.63, 3.8) is 0 Å². The zero-order chi connectivity index (χ0) is 54.7. The minimum absolute atomic E-state index is 0.249. The van der Waals surface area contributed by atoms with E-state index in [1.807, 2.05) is 0 Å². The molecular weight excluding hydrogens is 943 g/mol. The number of allylic oxidation sites excluding steroid dienone is 4. The lowest BCUT2D eigenvalue weighted by Crippen LogP contribution is -2.60. The molecule has 1 saturated heterocycles. The van der Waals surface area contributed by atoms with Crippen LogP contribution in [0.1, 0.15) is 309 Å². The molecular formula is C64H123NO10. The SMILES string of the molecule is CCCCCCCCCC/C=C/CC/C=C/CCCC(O)C(O)C(COC1OC(CO)C(O)C(O)C1O)NC(=O)C(O)CCCCCCCCCCCCCCCCCCCCCCCCCCCCCCCCC. The predicted molar refractivity (Wildman–Crippen MR) is 312 cm³/mol. The number of amides is 1. The van der Waals surface area contributed by atoms with Crippen LogP contribution in [0.5, 0.6) is 0 Å². The Hall–Kier alpha value is -1.41. The molecule has 0 spiro atoms. The van der Waals surface area contributed by atoms with Gasteiger partial charge in [-0.3, -0.25) is 4.79 Å². The van der Waals surface area contributed by atoms with Crippen molar-refractivity contribution in [2.45, 2.75) is 364 Å². The van der Waals surface area contributed by atoms with Crippen LogP contribution in [0.3, 0.4) is 0 Å². The van der Waals surface area contributed by atoms with Crippen molar-refractivity contribution in [1.29, 1.82) is 0 Å². The fourth-order valence-corrected chi connectivity index (χ4v) is 10.5. The standard InChI is InChI=1S/C64H123NO10/c1-3-5-7-9-11-13-15-17-19-21-22-23-24-25-26-27-28-29-30-31-32-33-34-36-38-40-42-44-46-48-50-52-57(68)63(73)65-55(54-74-64-62(72)61(71)60(70)58(53-66)75-64)59(69)56(67)51-49-47-45-43-41-39-37-35-20-18-16-14-12-10-8-6-4-2/h35,37,43,45,55-62,64,66-72H,3-34,36,38-42,44,46-54H2,1-2H3,(H,65,73)/b37-35+,45-43+. The van der Waals surface area contributed by atoms with Crippen LogP contribution in [0, 0.1) is 0 Å². The molecule has 0 saturated carbocycles. The fourth-order valence-electron chi connectivity index (χ4n) is 10.5.